The van der Waals surface area contributed by atoms with Crippen LogP contribution >= 0.6 is 0 Å². The summed E-state index contributed by atoms with van der Waals surface area (Å²) >= 11 is 0. The van der Waals surface area contributed by atoms with Gasteiger partial charge in [0, 0.05) is 17.4 Å². The van der Waals surface area contributed by atoms with Crippen molar-refractivity contribution in [3.8, 4) is 11.8 Å². The molecule has 1 aliphatic rings. The Morgan fingerprint density at radius 2 is 2.26 bits per heavy atom. The second-order valence-corrected chi connectivity index (χ2v) is 4.95. The van der Waals surface area contributed by atoms with Gasteiger partial charge in [-0.15, -0.1) is 0 Å². The van der Waals surface area contributed by atoms with E-state index in [1.165, 1.54) is 13.0 Å². The van der Waals surface area contributed by atoms with Crippen LogP contribution in [0.15, 0.2) is 12.1 Å². The van der Waals surface area contributed by atoms with Gasteiger partial charge in [-0.25, -0.2) is 4.39 Å². The largest absolute Gasteiger partial charge is 0.490 e. The highest BCUT2D eigenvalue weighted by atomic mass is 19.1. The van der Waals surface area contributed by atoms with Gasteiger partial charge in [0.2, 0.25) is 0 Å². The maximum atomic E-state index is 13.7. The number of nitro groups is 1. The summed E-state index contributed by atoms with van der Waals surface area (Å²) in [6, 6.07) is 4.29. The van der Waals surface area contributed by atoms with Crippen molar-refractivity contribution in [2.45, 2.75) is 26.2 Å². The second kappa shape index (κ2) is 4.84. The van der Waals surface area contributed by atoms with Crippen LogP contribution in [0, 0.1) is 39.6 Å². The van der Waals surface area contributed by atoms with Crippen molar-refractivity contribution < 1.29 is 14.1 Å². The zero-order chi connectivity index (χ0) is 14.0. The van der Waals surface area contributed by atoms with Gasteiger partial charge in [-0.3, -0.25) is 10.1 Å². The van der Waals surface area contributed by atoms with Gasteiger partial charge in [-0.1, -0.05) is 0 Å². The molecule has 0 atom stereocenters. The quantitative estimate of drug-likeness (QED) is 0.604. The first-order valence-corrected chi connectivity index (χ1v) is 5.92. The molecule has 0 radical (unpaired) electrons. The standard InChI is InChI=1S/C13H13FN2O3/c1-9-6-12(10(14)7-11(9)16(17)18)19-8-13(2-3-13)4-5-15/h6-7H,2-4,8H2,1H3. The molecule has 0 saturated heterocycles. The summed E-state index contributed by atoms with van der Waals surface area (Å²) in [7, 11) is 0. The normalized spacial score (nSPS) is 15.6. The summed E-state index contributed by atoms with van der Waals surface area (Å²) in [6.45, 7) is 1.81. The first kappa shape index (κ1) is 13.3. The van der Waals surface area contributed by atoms with E-state index in [0.717, 1.165) is 18.9 Å². The summed E-state index contributed by atoms with van der Waals surface area (Å²) in [5.41, 5.74) is -0.0637. The maximum absolute atomic E-state index is 13.7. The van der Waals surface area contributed by atoms with Crippen LogP contribution in [0.4, 0.5) is 10.1 Å². The van der Waals surface area contributed by atoms with Crippen LogP contribution in [-0.4, -0.2) is 11.5 Å². The first-order valence-electron chi connectivity index (χ1n) is 5.92. The number of nitriles is 1. The maximum Gasteiger partial charge on any atom is 0.275 e. The third kappa shape index (κ3) is 2.81. The van der Waals surface area contributed by atoms with Crippen LogP contribution in [0.5, 0.6) is 5.75 Å². The number of hydrogen-bond acceptors (Lipinski definition) is 4. The van der Waals surface area contributed by atoms with Gasteiger partial charge >= 0.3 is 0 Å². The minimum atomic E-state index is -0.745. The Morgan fingerprint density at radius 3 is 2.79 bits per heavy atom. The van der Waals surface area contributed by atoms with Crippen molar-refractivity contribution in [2.24, 2.45) is 5.41 Å². The van der Waals surface area contributed by atoms with Gasteiger partial charge in [0.1, 0.15) is 0 Å². The molecule has 0 bridgehead atoms. The topological polar surface area (TPSA) is 76.2 Å². The lowest BCUT2D eigenvalue weighted by Crippen LogP contribution is -2.13. The minimum Gasteiger partial charge on any atom is -0.490 e. The molecule has 0 heterocycles. The zero-order valence-corrected chi connectivity index (χ0v) is 10.5. The van der Waals surface area contributed by atoms with E-state index >= 15 is 0 Å². The van der Waals surface area contributed by atoms with Gasteiger partial charge in [0.05, 0.1) is 23.7 Å². The van der Waals surface area contributed by atoms with Gasteiger partial charge in [0.15, 0.2) is 11.6 Å². The van der Waals surface area contributed by atoms with Crippen LogP contribution in [-0.2, 0) is 0 Å². The van der Waals surface area contributed by atoms with E-state index < -0.39 is 10.7 Å². The van der Waals surface area contributed by atoms with Crippen LogP contribution in [0.3, 0.4) is 0 Å². The highest BCUT2D eigenvalue weighted by Crippen LogP contribution is 2.48. The predicted octanol–water partition coefficient (Wildman–Crippen LogP) is 3.12. The molecule has 0 unspecified atom stereocenters. The first-order chi connectivity index (χ1) is 8.97. The van der Waals surface area contributed by atoms with Crippen molar-refractivity contribution in [3.05, 3.63) is 33.6 Å². The summed E-state index contributed by atoms with van der Waals surface area (Å²) < 4.78 is 19.1. The van der Waals surface area contributed by atoms with E-state index in [1.54, 1.807) is 0 Å². The van der Waals surface area contributed by atoms with Crippen LogP contribution in [0.1, 0.15) is 24.8 Å². The number of aryl methyl sites for hydroxylation is 1. The molecule has 19 heavy (non-hydrogen) atoms. The molecular weight excluding hydrogens is 251 g/mol. The van der Waals surface area contributed by atoms with Gasteiger partial charge < -0.3 is 4.74 Å². The van der Waals surface area contributed by atoms with Gasteiger partial charge in [0.25, 0.3) is 5.69 Å². The number of nitro benzene ring substituents is 1. The fourth-order valence-electron chi connectivity index (χ4n) is 1.90. The van der Waals surface area contributed by atoms with Crippen molar-refractivity contribution in [1.29, 1.82) is 5.26 Å². The summed E-state index contributed by atoms with van der Waals surface area (Å²) in [6.07, 6.45) is 2.18. The Labute approximate surface area is 109 Å². The predicted molar refractivity (Wildman–Crippen MR) is 65.2 cm³/mol. The monoisotopic (exact) mass is 264 g/mol. The molecule has 1 aromatic rings. The van der Waals surface area contributed by atoms with Crippen molar-refractivity contribution in [3.63, 3.8) is 0 Å². The molecule has 0 amide bonds. The smallest absolute Gasteiger partial charge is 0.275 e. The molecule has 5 nitrogen and oxygen atoms in total. The third-order valence-electron chi connectivity index (χ3n) is 3.39. The van der Waals surface area contributed by atoms with Gasteiger partial charge in [-0.2, -0.15) is 5.26 Å². The Kier molecular flexibility index (Phi) is 3.38. The van der Waals surface area contributed by atoms with E-state index in [9.17, 15) is 14.5 Å². The molecule has 1 fully saturated rings. The molecular formula is C13H13FN2O3. The van der Waals surface area contributed by atoms with E-state index in [0.29, 0.717) is 12.0 Å². The number of hydrogen-bond donors (Lipinski definition) is 0. The number of rotatable bonds is 5. The molecule has 0 N–H and O–H groups in total. The molecule has 1 saturated carbocycles. The zero-order valence-electron chi connectivity index (χ0n) is 10.5. The summed E-state index contributed by atoms with van der Waals surface area (Å²) in [5.74, 6) is -0.739. The summed E-state index contributed by atoms with van der Waals surface area (Å²) in [4.78, 5) is 10.0. The SMILES string of the molecule is Cc1cc(OCC2(CC#N)CC2)c(F)cc1[N+](=O)[O-]. The molecule has 100 valence electrons. The number of nitrogens with zero attached hydrogens (tertiary/aromatic N) is 2. The van der Waals surface area contributed by atoms with Gasteiger partial charge in [-0.05, 0) is 25.8 Å². The molecule has 2 rings (SSSR count). The van der Waals surface area contributed by atoms with Crippen molar-refractivity contribution in [2.75, 3.05) is 6.61 Å². The Morgan fingerprint density at radius 1 is 1.58 bits per heavy atom. The average molecular weight is 264 g/mol. The number of ether oxygens (including phenoxy) is 1. The van der Waals surface area contributed by atoms with E-state index in [2.05, 4.69) is 6.07 Å². The van der Waals surface area contributed by atoms with E-state index in [4.69, 9.17) is 10.00 Å². The Bertz CT molecular complexity index is 562. The minimum absolute atomic E-state index is 0.00677. The van der Waals surface area contributed by atoms with E-state index in [1.807, 2.05) is 0 Å². The molecule has 6 heteroatoms. The van der Waals surface area contributed by atoms with Crippen LogP contribution < -0.4 is 4.74 Å². The summed E-state index contributed by atoms with van der Waals surface area (Å²) in [5, 5.41) is 19.3. The fourth-order valence-corrected chi connectivity index (χ4v) is 1.90. The molecule has 0 aromatic heterocycles. The van der Waals surface area contributed by atoms with Crippen LogP contribution in [0.2, 0.25) is 0 Å². The molecule has 1 aromatic carbocycles. The molecule has 1 aliphatic carbocycles. The highest BCUT2D eigenvalue weighted by Gasteiger charge is 2.43. The third-order valence-corrected chi connectivity index (χ3v) is 3.39. The highest BCUT2D eigenvalue weighted by molar-refractivity contribution is 5.45. The fraction of sp³-hybridized carbons (Fsp3) is 0.462. The lowest BCUT2D eigenvalue weighted by atomic mass is 10.1. The lowest BCUT2D eigenvalue weighted by molar-refractivity contribution is -0.385. The van der Waals surface area contributed by atoms with E-state index in [-0.39, 0.29) is 23.5 Å². The molecule has 0 spiro atoms. The lowest BCUT2D eigenvalue weighted by Gasteiger charge is -2.13. The number of halogens is 1. The Hall–Kier alpha value is -2.16. The van der Waals surface area contributed by atoms with Crippen molar-refractivity contribution in [1.82, 2.24) is 0 Å². The average Bonchev–Trinajstić information content (AvgIpc) is 3.10. The Balaban J connectivity index is 2.12. The van der Waals surface area contributed by atoms with Crippen molar-refractivity contribution >= 4 is 5.69 Å². The van der Waals surface area contributed by atoms with Crippen LogP contribution in [0.25, 0.3) is 0 Å². The second-order valence-electron chi connectivity index (χ2n) is 4.95. The number of benzene rings is 1. The molecule has 0 aliphatic heterocycles.